The fraction of sp³-hybridized carbons (Fsp3) is 0.600. The second-order valence-electron chi connectivity index (χ2n) is 7.98. The van der Waals surface area contributed by atoms with E-state index in [1.165, 1.54) is 12.8 Å². The topological polar surface area (TPSA) is 70.2 Å². The average Bonchev–Trinajstić information content (AvgIpc) is 2.93. The molecule has 2 aliphatic heterocycles. The number of rotatable bonds is 6. The first-order valence-corrected chi connectivity index (χ1v) is 9.91. The highest BCUT2D eigenvalue weighted by Crippen LogP contribution is 2.26. The molecule has 0 spiro atoms. The highest BCUT2D eigenvalue weighted by molar-refractivity contribution is 6.30. The molecule has 3 rings (SSSR count). The second-order valence-corrected chi connectivity index (χ2v) is 8.41. The van der Waals surface area contributed by atoms with Gasteiger partial charge in [-0.3, -0.25) is 9.59 Å². The van der Waals surface area contributed by atoms with E-state index >= 15 is 0 Å². The summed E-state index contributed by atoms with van der Waals surface area (Å²) in [5.74, 6) is -0.0133. The number of piperidine rings is 1. The third-order valence-electron chi connectivity index (χ3n) is 5.25. The standard InChI is InChI=1S/C20H28ClN3O2.ClH/c1-12(2)9-18(24-19(25)13-3-5-14(21)6-4-13)20(26)23-17-10-15-7-8-16(11-17)22-15;/h3-6,12,15-18,22H,7-11H2,1-2H3,(H,23,26)(H,24,25);1H. The molecule has 3 atom stereocenters. The van der Waals surface area contributed by atoms with Crippen molar-refractivity contribution in [2.24, 2.45) is 5.92 Å². The molecule has 3 N–H and O–H groups in total. The number of carbonyl (C=O) groups excluding carboxylic acids is 2. The molecule has 3 unspecified atom stereocenters. The molecule has 2 aliphatic rings. The van der Waals surface area contributed by atoms with Crippen molar-refractivity contribution in [1.82, 2.24) is 16.0 Å². The molecule has 1 aromatic rings. The van der Waals surface area contributed by atoms with Crippen molar-refractivity contribution in [3.63, 3.8) is 0 Å². The van der Waals surface area contributed by atoms with Gasteiger partial charge in [0.05, 0.1) is 0 Å². The van der Waals surface area contributed by atoms with Crippen molar-refractivity contribution in [2.75, 3.05) is 0 Å². The Bertz CT molecular complexity index is 639. The molecule has 7 heteroatoms. The SMILES string of the molecule is CC(C)CC(NC(=O)c1ccc(Cl)cc1)C(=O)NC1CC2CCC(C1)N2.Cl. The maximum atomic E-state index is 12.8. The van der Waals surface area contributed by atoms with Crippen LogP contribution in [0.25, 0.3) is 0 Å². The van der Waals surface area contributed by atoms with Crippen LogP contribution in [0.15, 0.2) is 24.3 Å². The highest BCUT2D eigenvalue weighted by atomic mass is 35.5. The van der Waals surface area contributed by atoms with Crippen LogP contribution in [0, 0.1) is 5.92 Å². The average molecular weight is 414 g/mol. The predicted molar refractivity (Wildman–Crippen MR) is 111 cm³/mol. The van der Waals surface area contributed by atoms with E-state index in [2.05, 4.69) is 29.8 Å². The first-order chi connectivity index (χ1) is 12.4. The molecular weight excluding hydrogens is 385 g/mol. The lowest BCUT2D eigenvalue weighted by atomic mass is 9.98. The van der Waals surface area contributed by atoms with E-state index in [9.17, 15) is 9.59 Å². The van der Waals surface area contributed by atoms with Crippen molar-refractivity contribution in [2.45, 2.75) is 70.1 Å². The number of hydrogen-bond donors (Lipinski definition) is 3. The molecule has 2 bridgehead atoms. The van der Waals surface area contributed by atoms with Gasteiger partial charge in [-0.2, -0.15) is 0 Å². The largest absolute Gasteiger partial charge is 0.351 e. The van der Waals surface area contributed by atoms with E-state index in [1.807, 2.05) is 0 Å². The summed E-state index contributed by atoms with van der Waals surface area (Å²) in [6.07, 6.45) is 4.95. The summed E-state index contributed by atoms with van der Waals surface area (Å²) in [4.78, 5) is 25.3. The molecule has 27 heavy (non-hydrogen) atoms. The molecule has 2 heterocycles. The summed E-state index contributed by atoms with van der Waals surface area (Å²) >= 11 is 5.88. The Morgan fingerprint density at radius 2 is 1.74 bits per heavy atom. The summed E-state index contributed by atoms with van der Waals surface area (Å²) < 4.78 is 0. The number of fused-ring (bicyclic) bond motifs is 2. The van der Waals surface area contributed by atoms with Gasteiger partial charge in [-0.05, 0) is 62.3 Å². The van der Waals surface area contributed by atoms with E-state index in [0.717, 1.165) is 12.8 Å². The summed E-state index contributed by atoms with van der Waals surface area (Å²) in [7, 11) is 0. The van der Waals surface area contributed by atoms with E-state index in [1.54, 1.807) is 24.3 Å². The van der Waals surface area contributed by atoms with Crippen molar-refractivity contribution in [3.8, 4) is 0 Å². The molecule has 0 radical (unpaired) electrons. The van der Waals surface area contributed by atoms with Gasteiger partial charge in [0.25, 0.3) is 5.91 Å². The fourth-order valence-electron chi connectivity index (χ4n) is 4.02. The quantitative estimate of drug-likeness (QED) is 0.669. The van der Waals surface area contributed by atoms with Crippen LogP contribution < -0.4 is 16.0 Å². The Balaban J connectivity index is 0.00000261. The highest BCUT2D eigenvalue weighted by Gasteiger charge is 2.35. The minimum Gasteiger partial charge on any atom is -0.351 e. The number of hydrogen-bond acceptors (Lipinski definition) is 3. The van der Waals surface area contributed by atoms with E-state index in [-0.39, 0.29) is 30.3 Å². The summed E-state index contributed by atoms with van der Waals surface area (Å²) in [5.41, 5.74) is 0.510. The van der Waals surface area contributed by atoms with Crippen LogP contribution in [0.3, 0.4) is 0 Å². The fourth-order valence-corrected chi connectivity index (χ4v) is 4.15. The van der Waals surface area contributed by atoms with Crippen LogP contribution in [-0.2, 0) is 4.79 Å². The summed E-state index contributed by atoms with van der Waals surface area (Å²) in [5, 5.41) is 10.2. The summed E-state index contributed by atoms with van der Waals surface area (Å²) in [6.45, 7) is 4.11. The zero-order valence-electron chi connectivity index (χ0n) is 15.8. The third-order valence-corrected chi connectivity index (χ3v) is 5.51. The van der Waals surface area contributed by atoms with Crippen molar-refractivity contribution >= 4 is 35.8 Å². The van der Waals surface area contributed by atoms with Crippen molar-refractivity contribution in [1.29, 1.82) is 0 Å². The number of nitrogens with one attached hydrogen (secondary N) is 3. The lowest BCUT2D eigenvalue weighted by molar-refractivity contribution is -0.124. The minimum atomic E-state index is -0.522. The molecule has 2 amide bonds. The third kappa shape index (κ3) is 6.09. The molecule has 0 aromatic heterocycles. The Kier molecular flexibility index (Phi) is 7.95. The van der Waals surface area contributed by atoms with Gasteiger partial charge in [-0.25, -0.2) is 0 Å². The predicted octanol–water partition coefficient (Wildman–Crippen LogP) is 3.31. The summed E-state index contributed by atoms with van der Waals surface area (Å²) in [6, 6.07) is 7.42. The van der Waals surface area contributed by atoms with Gasteiger partial charge < -0.3 is 16.0 Å². The monoisotopic (exact) mass is 413 g/mol. The maximum absolute atomic E-state index is 12.8. The zero-order valence-corrected chi connectivity index (χ0v) is 17.4. The Morgan fingerprint density at radius 1 is 1.15 bits per heavy atom. The minimum absolute atomic E-state index is 0. The number of carbonyl (C=O) groups is 2. The van der Waals surface area contributed by atoms with Gasteiger partial charge in [0, 0.05) is 28.7 Å². The van der Waals surface area contributed by atoms with Crippen molar-refractivity contribution in [3.05, 3.63) is 34.9 Å². The second kappa shape index (κ2) is 9.76. The van der Waals surface area contributed by atoms with Crippen molar-refractivity contribution < 1.29 is 9.59 Å². The normalized spacial score (nSPS) is 24.8. The molecule has 1 aromatic carbocycles. The molecular formula is C20H29Cl2N3O2. The van der Waals surface area contributed by atoms with Crippen LogP contribution in [0.4, 0.5) is 0 Å². The van der Waals surface area contributed by atoms with Crippen LogP contribution in [0.5, 0.6) is 0 Å². The van der Waals surface area contributed by atoms with E-state index in [4.69, 9.17) is 11.6 Å². The zero-order chi connectivity index (χ0) is 18.7. The Morgan fingerprint density at radius 3 is 2.30 bits per heavy atom. The molecule has 150 valence electrons. The van der Waals surface area contributed by atoms with E-state index in [0.29, 0.717) is 35.0 Å². The van der Waals surface area contributed by atoms with Gasteiger partial charge in [0.15, 0.2) is 0 Å². The molecule has 5 nitrogen and oxygen atoms in total. The first-order valence-electron chi connectivity index (χ1n) is 9.53. The molecule has 2 fully saturated rings. The van der Waals surface area contributed by atoms with Gasteiger partial charge in [0.2, 0.25) is 5.91 Å². The smallest absolute Gasteiger partial charge is 0.251 e. The Hall–Kier alpha value is -1.30. The number of amides is 2. The molecule has 2 saturated heterocycles. The number of benzene rings is 1. The van der Waals surface area contributed by atoms with Crippen LogP contribution in [0.2, 0.25) is 5.02 Å². The van der Waals surface area contributed by atoms with Crippen LogP contribution in [0.1, 0.15) is 56.3 Å². The van der Waals surface area contributed by atoms with Gasteiger partial charge >= 0.3 is 0 Å². The van der Waals surface area contributed by atoms with Gasteiger partial charge in [0.1, 0.15) is 6.04 Å². The maximum Gasteiger partial charge on any atom is 0.251 e. The lowest BCUT2D eigenvalue weighted by Crippen LogP contribution is -2.54. The number of halogens is 2. The first kappa shape index (κ1) is 22.0. The van der Waals surface area contributed by atoms with E-state index < -0.39 is 6.04 Å². The van der Waals surface area contributed by atoms with Gasteiger partial charge in [-0.15, -0.1) is 12.4 Å². The van der Waals surface area contributed by atoms with Gasteiger partial charge in [-0.1, -0.05) is 25.4 Å². The molecule has 0 aliphatic carbocycles. The Labute approximate surface area is 172 Å². The molecule has 0 saturated carbocycles. The van der Waals surface area contributed by atoms with Crippen LogP contribution in [-0.4, -0.2) is 36.0 Å². The lowest BCUT2D eigenvalue weighted by Gasteiger charge is -2.31. The van der Waals surface area contributed by atoms with Crippen LogP contribution >= 0.6 is 24.0 Å².